The van der Waals surface area contributed by atoms with E-state index in [1.807, 2.05) is 30.3 Å². The van der Waals surface area contributed by atoms with Crippen molar-refractivity contribution >= 4 is 5.97 Å². The molecule has 0 aliphatic rings. The summed E-state index contributed by atoms with van der Waals surface area (Å²) >= 11 is 0. The first-order chi connectivity index (χ1) is 7.68. The summed E-state index contributed by atoms with van der Waals surface area (Å²) in [7, 11) is 0. The number of rotatable bonds is 3. The predicted octanol–water partition coefficient (Wildman–Crippen LogP) is 1.94. The number of hydrogen-bond donors (Lipinski definition) is 2. The molecule has 2 aromatic rings. The number of carboxylic acid groups (broad SMARTS) is 1. The summed E-state index contributed by atoms with van der Waals surface area (Å²) in [4.78, 5) is 10.9. The SMILES string of the molecule is O=C(O)c1c(O)ccn1Cc1ccccc1. The Balaban J connectivity index is 2.32. The molecule has 0 saturated carbocycles. The highest BCUT2D eigenvalue weighted by molar-refractivity contribution is 5.89. The molecule has 16 heavy (non-hydrogen) atoms. The van der Waals surface area contributed by atoms with Crippen molar-refractivity contribution in [3.63, 3.8) is 0 Å². The fourth-order valence-electron chi connectivity index (χ4n) is 1.61. The number of benzene rings is 1. The quantitative estimate of drug-likeness (QED) is 0.825. The van der Waals surface area contributed by atoms with Gasteiger partial charge in [0.2, 0.25) is 0 Å². The predicted molar refractivity (Wildman–Crippen MR) is 58.6 cm³/mol. The average molecular weight is 217 g/mol. The van der Waals surface area contributed by atoms with Crippen LogP contribution in [0.5, 0.6) is 5.75 Å². The van der Waals surface area contributed by atoms with Crippen LogP contribution in [0.3, 0.4) is 0 Å². The Hall–Kier alpha value is -2.23. The van der Waals surface area contributed by atoms with Gasteiger partial charge in [-0.3, -0.25) is 0 Å². The molecule has 0 aliphatic heterocycles. The maximum absolute atomic E-state index is 10.9. The van der Waals surface area contributed by atoms with Gasteiger partial charge in [0, 0.05) is 12.7 Å². The van der Waals surface area contributed by atoms with Gasteiger partial charge in [-0.25, -0.2) is 4.79 Å². The fraction of sp³-hybridized carbons (Fsp3) is 0.0833. The zero-order valence-electron chi connectivity index (χ0n) is 8.50. The average Bonchev–Trinajstić information content (AvgIpc) is 2.61. The third kappa shape index (κ3) is 1.91. The molecule has 4 nitrogen and oxygen atoms in total. The summed E-state index contributed by atoms with van der Waals surface area (Å²) in [5.74, 6) is -1.33. The molecule has 0 unspecified atom stereocenters. The van der Waals surface area contributed by atoms with E-state index >= 15 is 0 Å². The van der Waals surface area contributed by atoms with Crippen LogP contribution in [0.1, 0.15) is 16.1 Å². The minimum atomic E-state index is -1.13. The first kappa shape index (κ1) is 10.3. The van der Waals surface area contributed by atoms with Crippen LogP contribution in [0.15, 0.2) is 42.6 Å². The van der Waals surface area contributed by atoms with Gasteiger partial charge in [-0.15, -0.1) is 0 Å². The lowest BCUT2D eigenvalue weighted by molar-refractivity contribution is 0.0682. The largest absolute Gasteiger partial charge is 0.505 e. The van der Waals surface area contributed by atoms with Gasteiger partial charge in [-0.2, -0.15) is 0 Å². The van der Waals surface area contributed by atoms with Gasteiger partial charge in [-0.05, 0) is 11.6 Å². The summed E-state index contributed by atoms with van der Waals surface area (Å²) in [5, 5.41) is 18.3. The summed E-state index contributed by atoms with van der Waals surface area (Å²) in [6, 6.07) is 10.9. The second-order valence-corrected chi connectivity index (χ2v) is 3.47. The molecule has 0 bridgehead atoms. The van der Waals surface area contributed by atoms with E-state index in [0.29, 0.717) is 6.54 Å². The zero-order chi connectivity index (χ0) is 11.5. The molecule has 2 N–H and O–H groups in total. The van der Waals surface area contributed by atoms with Crippen molar-refractivity contribution in [2.75, 3.05) is 0 Å². The summed E-state index contributed by atoms with van der Waals surface area (Å²) in [5.41, 5.74) is 0.907. The van der Waals surface area contributed by atoms with Crippen molar-refractivity contribution in [2.24, 2.45) is 0 Å². The second kappa shape index (κ2) is 4.10. The van der Waals surface area contributed by atoms with E-state index in [1.165, 1.54) is 10.6 Å². The summed E-state index contributed by atoms with van der Waals surface area (Å²) in [6.45, 7) is 0.434. The highest BCUT2D eigenvalue weighted by Gasteiger charge is 2.15. The smallest absolute Gasteiger partial charge is 0.356 e. The third-order valence-electron chi connectivity index (χ3n) is 2.34. The fourth-order valence-corrected chi connectivity index (χ4v) is 1.61. The van der Waals surface area contributed by atoms with Crippen molar-refractivity contribution < 1.29 is 15.0 Å². The minimum absolute atomic E-state index is 0.0798. The topological polar surface area (TPSA) is 62.5 Å². The molecule has 1 aromatic carbocycles. The molecule has 82 valence electrons. The number of aromatic carboxylic acids is 1. The number of carbonyl (C=O) groups is 1. The van der Waals surface area contributed by atoms with Crippen LogP contribution in [0.4, 0.5) is 0 Å². The molecule has 0 radical (unpaired) electrons. The van der Waals surface area contributed by atoms with Crippen LogP contribution in [0.2, 0.25) is 0 Å². The lowest BCUT2D eigenvalue weighted by atomic mass is 10.2. The Bertz CT molecular complexity index is 502. The molecule has 0 saturated heterocycles. The normalized spacial score (nSPS) is 10.2. The molecule has 0 fully saturated rings. The Morgan fingerprint density at radius 1 is 1.19 bits per heavy atom. The van der Waals surface area contributed by atoms with Crippen LogP contribution in [-0.4, -0.2) is 20.7 Å². The molecule has 0 aliphatic carbocycles. The summed E-state index contributed by atoms with van der Waals surface area (Å²) < 4.78 is 1.51. The molecule has 2 rings (SSSR count). The van der Waals surface area contributed by atoms with Gasteiger partial charge in [0.1, 0.15) is 5.75 Å². The van der Waals surface area contributed by atoms with E-state index in [9.17, 15) is 9.90 Å². The zero-order valence-corrected chi connectivity index (χ0v) is 8.50. The van der Waals surface area contributed by atoms with Crippen LogP contribution in [0, 0.1) is 0 Å². The Labute approximate surface area is 92.4 Å². The number of aromatic hydroxyl groups is 1. The molecule has 0 amide bonds. The second-order valence-electron chi connectivity index (χ2n) is 3.47. The van der Waals surface area contributed by atoms with E-state index in [0.717, 1.165) is 5.56 Å². The van der Waals surface area contributed by atoms with Crippen LogP contribution in [-0.2, 0) is 6.54 Å². The molecule has 4 heteroatoms. The van der Waals surface area contributed by atoms with Crippen LogP contribution in [0.25, 0.3) is 0 Å². The number of aromatic nitrogens is 1. The molecule has 0 spiro atoms. The van der Waals surface area contributed by atoms with Crippen molar-refractivity contribution in [1.82, 2.24) is 4.57 Å². The van der Waals surface area contributed by atoms with E-state index in [4.69, 9.17) is 5.11 Å². The molecular formula is C12H11NO3. The van der Waals surface area contributed by atoms with E-state index in [1.54, 1.807) is 6.20 Å². The lowest BCUT2D eigenvalue weighted by Gasteiger charge is -2.06. The van der Waals surface area contributed by atoms with Crippen molar-refractivity contribution in [1.29, 1.82) is 0 Å². The molecule has 0 atom stereocenters. The van der Waals surface area contributed by atoms with E-state index in [-0.39, 0.29) is 11.4 Å². The van der Waals surface area contributed by atoms with Crippen LogP contribution < -0.4 is 0 Å². The number of nitrogens with zero attached hydrogens (tertiary/aromatic N) is 1. The number of hydrogen-bond acceptors (Lipinski definition) is 2. The molecule has 1 heterocycles. The van der Waals surface area contributed by atoms with Gasteiger partial charge in [-0.1, -0.05) is 30.3 Å². The highest BCUT2D eigenvalue weighted by atomic mass is 16.4. The van der Waals surface area contributed by atoms with Gasteiger partial charge >= 0.3 is 5.97 Å². The first-order valence-electron chi connectivity index (χ1n) is 4.84. The van der Waals surface area contributed by atoms with Gasteiger partial charge < -0.3 is 14.8 Å². The maximum atomic E-state index is 10.9. The van der Waals surface area contributed by atoms with Gasteiger partial charge in [0.25, 0.3) is 0 Å². The number of carboxylic acids is 1. The molecular weight excluding hydrogens is 206 g/mol. The van der Waals surface area contributed by atoms with Crippen LogP contribution >= 0.6 is 0 Å². The Morgan fingerprint density at radius 2 is 1.88 bits per heavy atom. The lowest BCUT2D eigenvalue weighted by Crippen LogP contribution is -2.08. The van der Waals surface area contributed by atoms with Gasteiger partial charge in [0.05, 0.1) is 0 Å². The summed E-state index contributed by atoms with van der Waals surface area (Å²) in [6.07, 6.45) is 1.56. The van der Waals surface area contributed by atoms with Gasteiger partial charge in [0.15, 0.2) is 5.69 Å². The molecule has 1 aromatic heterocycles. The van der Waals surface area contributed by atoms with Crippen molar-refractivity contribution in [3.8, 4) is 5.75 Å². The van der Waals surface area contributed by atoms with Crippen molar-refractivity contribution in [2.45, 2.75) is 6.54 Å². The maximum Gasteiger partial charge on any atom is 0.356 e. The third-order valence-corrected chi connectivity index (χ3v) is 2.34. The van der Waals surface area contributed by atoms with E-state index < -0.39 is 5.97 Å². The minimum Gasteiger partial charge on any atom is -0.505 e. The standard InChI is InChI=1S/C12H11NO3/c14-10-6-7-13(11(10)12(15)16)8-9-4-2-1-3-5-9/h1-7,14H,8H2,(H,15,16). The monoisotopic (exact) mass is 217 g/mol. The Kier molecular flexibility index (Phi) is 2.64. The highest BCUT2D eigenvalue weighted by Crippen LogP contribution is 2.19. The first-order valence-corrected chi connectivity index (χ1v) is 4.84. The van der Waals surface area contributed by atoms with E-state index in [2.05, 4.69) is 0 Å². The Morgan fingerprint density at radius 3 is 2.50 bits per heavy atom. The van der Waals surface area contributed by atoms with Crippen molar-refractivity contribution in [3.05, 3.63) is 53.9 Å².